The number of carbonyl (C=O) groups excluding carboxylic acids is 2. The molecule has 1 saturated heterocycles. The van der Waals surface area contributed by atoms with Crippen molar-refractivity contribution in [2.24, 2.45) is 0 Å². The van der Waals surface area contributed by atoms with E-state index in [1.807, 2.05) is 0 Å². The number of esters is 1. The summed E-state index contributed by atoms with van der Waals surface area (Å²) in [4.78, 5) is 33.2. The van der Waals surface area contributed by atoms with Crippen LogP contribution in [0.15, 0.2) is 24.5 Å². The zero-order valence-corrected chi connectivity index (χ0v) is 16.6. The van der Waals surface area contributed by atoms with Gasteiger partial charge in [0.15, 0.2) is 5.69 Å². The standard InChI is InChI=1S/C20H23FN4O4/c1-20(2,3)29-18(26)17-16-11-24(19(27)23-6-8-28-9-7-23)15-10-13(21)4-5-14(15)25(16)12-22-17/h4-5,10,12H,6-9,11H2,1-3H3. The molecule has 2 amide bonds. The predicted molar refractivity (Wildman–Crippen MR) is 103 cm³/mol. The van der Waals surface area contributed by atoms with Gasteiger partial charge in [-0.1, -0.05) is 0 Å². The zero-order chi connectivity index (χ0) is 20.8. The molecule has 1 aromatic heterocycles. The molecule has 2 aliphatic heterocycles. The maximum Gasteiger partial charge on any atom is 0.359 e. The van der Waals surface area contributed by atoms with Gasteiger partial charge in [0.1, 0.15) is 17.7 Å². The molecule has 8 nitrogen and oxygen atoms in total. The van der Waals surface area contributed by atoms with Crippen LogP contribution in [0.3, 0.4) is 0 Å². The molecule has 1 fully saturated rings. The predicted octanol–water partition coefficient (Wildman–Crippen LogP) is 2.74. The van der Waals surface area contributed by atoms with Crippen molar-refractivity contribution < 1.29 is 23.5 Å². The fourth-order valence-corrected chi connectivity index (χ4v) is 3.48. The van der Waals surface area contributed by atoms with Crippen LogP contribution in [0.25, 0.3) is 5.69 Å². The summed E-state index contributed by atoms with van der Waals surface area (Å²) in [7, 11) is 0. The van der Waals surface area contributed by atoms with Crippen LogP contribution in [0.5, 0.6) is 0 Å². The second-order valence-electron chi connectivity index (χ2n) is 8.01. The molecular formula is C20H23FN4O4. The Bertz CT molecular complexity index is 960. The highest BCUT2D eigenvalue weighted by Gasteiger charge is 2.34. The lowest BCUT2D eigenvalue weighted by Gasteiger charge is -2.36. The van der Waals surface area contributed by atoms with Crippen molar-refractivity contribution in [2.45, 2.75) is 32.9 Å². The maximum atomic E-state index is 14.0. The van der Waals surface area contributed by atoms with Crippen LogP contribution >= 0.6 is 0 Å². The average molecular weight is 402 g/mol. The van der Waals surface area contributed by atoms with E-state index in [0.29, 0.717) is 43.4 Å². The van der Waals surface area contributed by atoms with Crippen molar-refractivity contribution in [3.8, 4) is 5.69 Å². The molecule has 1 aromatic carbocycles. The third-order valence-electron chi connectivity index (χ3n) is 4.77. The van der Waals surface area contributed by atoms with Gasteiger partial charge in [-0.15, -0.1) is 0 Å². The van der Waals surface area contributed by atoms with Crippen LogP contribution < -0.4 is 4.90 Å². The minimum atomic E-state index is -0.674. The largest absolute Gasteiger partial charge is 0.455 e. The van der Waals surface area contributed by atoms with E-state index < -0.39 is 17.4 Å². The number of aromatic nitrogens is 2. The van der Waals surface area contributed by atoms with Crippen molar-refractivity contribution in [2.75, 3.05) is 31.2 Å². The number of ether oxygens (including phenoxy) is 2. The van der Waals surface area contributed by atoms with E-state index in [0.717, 1.165) is 0 Å². The van der Waals surface area contributed by atoms with Gasteiger partial charge in [0.05, 0.1) is 36.8 Å². The molecule has 0 bridgehead atoms. The first kappa shape index (κ1) is 19.4. The van der Waals surface area contributed by atoms with E-state index in [-0.39, 0.29) is 18.3 Å². The summed E-state index contributed by atoms with van der Waals surface area (Å²) in [5, 5.41) is 0. The minimum Gasteiger partial charge on any atom is -0.455 e. The topological polar surface area (TPSA) is 76.9 Å². The molecule has 0 radical (unpaired) electrons. The second kappa shape index (κ2) is 7.14. The Morgan fingerprint density at radius 3 is 2.59 bits per heavy atom. The van der Waals surface area contributed by atoms with E-state index in [1.54, 1.807) is 36.3 Å². The van der Waals surface area contributed by atoms with Crippen molar-refractivity contribution >= 4 is 17.7 Å². The SMILES string of the molecule is CC(C)(C)OC(=O)c1ncn2c1CN(C(=O)N1CCOCC1)c1cc(F)ccc1-2. The molecule has 0 atom stereocenters. The smallest absolute Gasteiger partial charge is 0.359 e. The van der Waals surface area contributed by atoms with Gasteiger partial charge in [0.2, 0.25) is 0 Å². The van der Waals surface area contributed by atoms with Crippen LogP contribution in [0.2, 0.25) is 0 Å². The first-order valence-corrected chi connectivity index (χ1v) is 9.48. The van der Waals surface area contributed by atoms with Crippen LogP contribution in [0.1, 0.15) is 37.0 Å². The van der Waals surface area contributed by atoms with Gasteiger partial charge in [-0.3, -0.25) is 9.47 Å². The first-order chi connectivity index (χ1) is 13.7. The Morgan fingerprint density at radius 1 is 1.17 bits per heavy atom. The third kappa shape index (κ3) is 3.69. The first-order valence-electron chi connectivity index (χ1n) is 9.48. The molecular weight excluding hydrogens is 379 g/mol. The summed E-state index contributed by atoms with van der Waals surface area (Å²) in [5.74, 6) is -1.00. The number of hydrogen-bond donors (Lipinski definition) is 0. The summed E-state index contributed by atoms with van der Waals surface area (Å²) < 4.78 is 26.5. The Morgan fingerprint density at radius 2 is 1.90 bits per heavy atom. The summed E-state index contributed by atoms with van der Waals surface area (Å²) in [6.45, 7) is 7.24. The number of halogens is 1. The van der Waals surface area contributed by atoms with Crippen molar-refractivity contribution in [1.82, 2.24) is 14.5 Å². The lowest BCUT2D eigenvalue weighted by molar-refractivity contribution is 0.00619. The number of urea groups is 1. The van der Waals surface area contributed by atoms with Gasteiger partial charge in [-0.25, -0.2) is 19.0 Å². The van der Waals surface area contributed by atoms with Gasteiger partial charge < -0.3 is 14.4 Å². The Labute approximate surface area is 167 Å². The van der Waals surface area contributed by atoms with E-state index in [4.69, 9.17) is 9.47 Å². The molecule has 0 aliphatic carbocycles. The number of benzene rings is 1. The number of rotatable bonds is 1. The Hall–Kier alpha value is -2.94. The number of imidazole rings is 1. The highest BCUT2D eigenvalue weighted by Crippen LogP contribution is 2.35. The highest BCUT2D eigenvalue weighted by atomic mass is 19.1. The monoisotopic (exact) mass is 402 g/mol. The molecule has 2 aromatic rings. The average Bonchev–Trinajstić information content (AvgIpc) is 3.10. The zero-order valence-electron chi connectivity index (χ0n) is 16.6. The number of carbonyl (C=O) groups is 2. The molecule has 2 aliphatic rings. The van der Waals surface area contributed by atoms with Crippen LogP contribution in [-0.4, -0.2) is 58.4 Å². The van der Waals surface area contributed by atoms with Gasteiger partial charge >= 0.3 is 12.0 Å². The number of fused-ring (bicyclic) bond motifs is 3. The number of hydrogen-bond acceptors (Lipinski definition) is 5. The molecule has 4 rings (SSSR count). The van der Waals surface area contributed by atoms with E-state index in [1.165, 1.54) is 23.4 Å². The van der Waals surface area contributed by atoms with E-state index >= 15 is 0 Å². The molecule has 0 N–H and O–H groups in total. The lowest BCUT2D eigenvalue weighted by Crippen LogP contribution is -2.49. The second-order valence-corrected chi connectivity index (χ2v) is 8.01. The van der Waals surface area contributed by atoms with Crippen molar-refractivity contribution in [3.63, 3.8) is 0 Å². The van der Waals surface area contributed by atoms with E-state index in [9.17, 15) is 14.0 Å². The Balaban J connectivity index is 1.75. The highest BCUT2D eigenvalue weighted by molar-refractivity contribution is 5.96. The fourth-order valence-electron chi connectivity index (χ4n) is 3.48. The Kier molecular flexibility index (Phi) is 4.77. The molecule has 0 spiro atoms. The van der Waals surface area contributed by atoms with Gasteiger partial charge in [-0.05, 0) is 39.0 Å². The minimum absolute atomic E-state index is 0.0845. The molecule has 3 heterocycles. The van der Waals surface area contributed by atoms with Crippen molar-refractivity contribution in [1.29, 1.82) is 0 Å². The van der Waals surface area contributed by atoms with Crippen LogP contribution in [0.4, 0.5) is 14.9 Å². The maximum absolute atomic E-state index is 14.0. The van der Waals surface area contributed by atoms with Crippen LogP contribution in [0, 0.1) is 5.82 Å². The van der Waals surface area contributed by atoms with Crippen molar-refractivity contribution in [3.05, 3.63) is 41.7 Å². The van der Waals surface area contributed by atoms with E-state index in [2.05, 4.69) is 4.98 Å². The number of amides is 2. The van der Waals surface area contributed by atoms with Crippen LogP contribution in [-0.2, 0) is 16.0 Å². The normalized spacial score (nSPS) is 16.3. The summed E-state index contributed by atoms with van der Waals surface area (Å²) >= 11 is 0. The van der Waals surface area contributed by atoms with Gasteiger partial charge in [-0.2, -0.15) is 0 Å². The summed E-state index contributed by atoms with van der Waals surface area (Å²) in [6.07, 6.45) is 1.50. The lowest BCUT2D eigenvalue weighted by atomic mass is 10.1. The number of anilines is 1. The number of nitrogens with zero attached hydrogens (tertiary/aromatic N) is 4. The molecule has 29 heavy (non-hydrogen) atoms. The molecule has 0 unspecified atom stereocenters. The molecule has 9 heteroatoms. The number of morpholine rings is 1. The summed E-state index contributed by atoms with van der Waals surface area (Å²) in [6, 6.07) is 3.96. The molecule has 0 saturated carbocycles. The van der Waals surface area contributed by atoms with Gasteiger partial charge in [0, 0.05) is 13.1 Å². The van der Waals surface area contributed by atoms with Gasteiger partial charge in [0.25, 0.3) is 0 Å². The molecule has 154 valence electrons. The quantitative estimate of drug-likeness (QED) is 0.686. The third-order valence-corrected chi connectivity index (χ3v) is 4.77. The fraction of sp³-hybridized carbons (Fsp3) is 0.450. The summed E-state index contributed by atoms with van der Waals surface area (Å²) in [5.41, 5.74) is 1.01.